The highest BCUT2D eigenvalue weighted by molar-refractivity contribution is 7.89. The van der Waals surface area contributed by atoms with Gasteiger partial charge in [0, 0.05) is 19.1 Å². The molecule has 1 atom stereocenters. The number of hydrogen-bond donors (Lipinski definition) is 1. The summed E-state index contributed by atoms with van der Waals surface area (Å²) >= 11 is 0. The molecule has 0 spiro atoms. The smallest absolute Gasteiger partial charge is 0.243 e. The molecule has 21 heavy (non-hydrogen) atoms. The molecule has 1 aliphatic rings. The maximum atomic E-state index is 12.9. The summed E-state index contributed by atoms with van der Waals surface area (Å²) in [5.41, 5.74) is 9.68. The van der Waals surface area contributed by atoms with E-state index >= 15 is 0 Å². The number of benzene rings is 1. The number of nitrogens with two attached hydrogens (primary N) is 1. The Morgan fingerprint density at radius 3 is 2.14 bits per heavy atom. The van der Waals surface area contributed by atoms with Gasteiger partial charge in [-0.2, -0.15) is 4.31 Å². The Morgan fingerprint density at radius 1 is 1.14 bits per heavy atom. The van der Waals surface area contributed by atoms with E-state index in [-0.39, 0.29) is 18.4 Å². The largest absolute Gasteiger partial charge is 0.327 e. The van der Waals surface area contributed by atoms with Gasteiger partial charge in [-0.15, -0.1) is 12.4 Å². The Balaban J connectivity index is 0.00000220. The van der Waals surface area contributed by atoms with Crippen LogP contribution in [0.15, 0.2) is 11.0 Å². The Labute approximate surface area is 134 Å². The normalized spacial score (nSPS) is 20.1. The maximum Gasteiger partial charge on any atom is 0.243 e. The van der Waals surface area contributed by atoms with Gasteiger partial charge in [0.2, 0.25) is 10.0 Å². The van der Waals surface area contributed by atoms with Crippen molar-refractivity contribution in [2.24, 2.45) is 5.73 Å². The van der Waals surface area contributed by atoms with Gasteiger partial charge in [0.1, 0.15) is 0 Å². The van der Waals surface area contributed by atoms with Gasteiger partial charge in [0.15, 0.2) is 0 Å². The molecule has 0 radical (unpaired) electrons. The first-order valence-electron chi connectivity index (χ1n) is 7.08. The zero-order valence-electron chi connectivity index (χ0n) is 13.1. The lowest BCUT2D eigenvalue weighted by Gasteiger charge is -2.31. The number of hydrogen-bond acceptors (Lipinski definition) is 3. The lowest BCUT2D eigenvalue weighted by atomic mass is 10.0. The van der Waals surface area contributed by atoms with E-state index in [1.54, 1.807) is 4.31 Å². The van der Waals surface area contributed by atoms with Crippen molar-refractivity contribution >= 4 is 22.4 Å². The second kappa shape index (κ2) is 6.65. The molecule has 2 N–H and O–H groups in total. The van der Waals surface area contributed by atoms with E-state index < -0.39 is 10.0 Å². The molecule has 2 rings (SSSR count). The molecule has 6 heteroatoms. The van der Waals surface area contributed by atoms with Gasteiger partial charge < -0.3 is 5.73 Å². The average Bonchev–Trinajstić information content (AvgIpc) is 2.36. The van der Waals surface area contributed by atoms with E-state index in [4.69, 9.17) is 5.73 Å². The van der Waals surface area contributed by atoms with Gasteiger partial charge in [-0.25, -0.2) is 8.42 Å². The lowest BCUT2D eigenvalue weighted by molar-refractivity contribution is 0.316. The molecule has 4 nitrogen and oxygen atoms in total. The van der Waals surface area contributed by atoms with Crippen LogP contribution in [0.5, 0.6) is 0 Å². The summed E-state index contributed by atoms with van der Waals surface area (Å²) in [4.78, 5) is 0.476. The van der Waals surface area contributed by atoms with Crippen molar-refractivity contribution in [3.63, 3.8) is 0 Å². The predicted molar refractivity (Wildman–Crippen MR) is 88.6 cm³/mol. The maximum absolute atomic E-state index is 12.9. The molecule has 1 aliphatic heterocycles. The highest BCUT2D eigenvalue weighted by atomic mass is 35.5. The van der Waals surface area contributed by atoms with Crippen LogP contribution in [-0.4, -0.2) is 31.9 Å². The van der Waals surface area contributed by atoms with E-state index in [0.29, 0.717) is 18.0 Å². The molecule has 0 bridgehead atoms. The third kappa shape index (κ3) is 3.42. The minimum atomic E-state index is -3.45. The van der Waals surface area contributed by atoms with Crippen LogP contribution < -0.4 is 5.73 Å². The quantitative estimate of drug-likeness (QED) is 0.904. The SMILES string of the molecule is Cc1cc(C)c(C)c(S(=O)(=O)N2CCCC(N)C2)c1C.Cl. The fourth-order valence-corrected chi connectivity index (χ4v) is 5.00. The Bertz CT molecular complexity index is 603. The third-order valence-corrected chi connectivity index (χ3v) is 6.46. The first-order valence-corrected chi connectivity index (χ1v) is 8.52. The molecule has 1 saturated heterocycles. The molecule has 0 aliphatic carbocycles. The van der Waals surface area contributed by atoms with Gasteiger partial charge in [-0.3, -0.25) is 0 Å². The first kappa shape index (κ1) is 18.4. The van der Waals surface area contributed by atoms with Crippen LogP contribution in [0.2, 0.25) is 0 Å². The van der Waals surface area contributed by atoms with Crippen molar-refractivity contribution in [2.45, 2.75) is 51.5 Å². The van der Waals surface area contributed by atoms with Crippen LogP contribution in [0.1, 0.15) is 35.1 Å². The number of rotatable bonds is 2. The Morgan fingerprint density at radius 2 is 1.67 bits per heavy atom. The van der Waals surface area contributed by atoms with E-state index in [1.807, 2.05) is 33.8 Å². The zero-order chi connectivity index (χ0) is 15.1. The number of sulfonamides is 1. The van der Waals surface area contributed by atoms with E-state index in [1.165, 1.54) is 0 Å². The fourth-order valence-electron chi connectivity index (χ4n) is 2.89. The van der Waals surface area contributed by atoms with Crippen LogP contribution in [0.25, 0.3) is 0 Å². The van der Waals surface area contributed by atoms with Crippen molar-refractivity contribution in [2.75, 3.05) is 13.1 Å². The summed E-state index contributed by atoms with van der Waals surface area (Å²) < 4.78 is 27.4. The van der Waals surface area contributed by atoms with E-state index in [0.717, 1.165) is 35.1 Å². The summed E-state index contributed by atoms with van der Waals surface area (Å²) in [5.74, 6) is 0. The second-order valence-corrected chi connectivity index (χ2v) is 7.73. The summed E-state index contributed by atoms with van der Waals surface area (Å²) in [6.45, 7) is 8.69. The second-order valence-electron chi connectivity index (χ2n) is 5.85. The monoisotopic (exact) mass is 332 g/mol. The Hall–Kier alpha value is -0.620. The molecule has 1 aromatic carbocycles. The van der Waals surface area contributed by atoms with Crippen LogP contribution >= 0.6 is 12.4 Å². The molecule has 1 aromatic rings. The number of aryl methyl sites for hydroxylation is 2. The predicted octanol–water partition coefficient (Wildman–Crippen LogP) is 2.45. The number of piperidine rings is 1. The lowest BCUT2D eigenvalue weighted by Crippen LogP contribution is -2.46. The summed E-state index contributed by atoms with van der Waals surface area (Å²) in [6, 6.07) is 2.00. The minimum absolute atomic E-state index is 0. The van der Waals surface area contributed by atoms with Crippen molar-refractivity contribution in [3.05, 3.63) is 28.3 Å². The van der Waals surface area contributed by atoms with Crippen molar-refractivity contribution in [1.82, 2.24) is 4.31 Å². The topological polar surface area (TPSA) is 63.4 Å². The first-order chi connectivity index (χ1) is 9.25. The van der Waals surface area contributed by atoms with E-state index in [2.05, 4.69) is 0 Å². The number of nitrogens with zero attached hydrogens (tertiary/aromatic N) is 1. The van der Waals surface area contributed by atoms with Crippen LogP contribution in [0.3, 0.4) is 0 Å². The summed E-state index contributed by atoms with van der Waals surface area (Å²) in [7, 11) is -3.45. The molecular weight excluding hydrogens is 308 g/mol. The minimum Gasteiger partial charge on any atom is -0.327 e. The third-order valence-electron chi connectivity index (χ3n) is 4.32. The molecule has 0 amide bonds. The van der Waals surface area contributed by atoms with Crippen LogP contribution in [-0.2, 0) is 10.0 Å². The van der Waals surface area contributed by atoms with Crippen molar-refractivity contribution in [3.8, 4) is 0 Å². The van der Waals surface area contributed by atoms with E-state index in [9.17, 15) is 8.42 Å². The summed E-state index contributed by atoms with van der Waals surface area (Å²) in [6.07, 6.45) is 1.74. The standard InChI is InChI=1S/C15H24N2O2S.ClH/c1-10-8-11(2)13(4)15(12(10)3)20(18,19)17-7-5-6-14(16)9-17;/h8,14H,5-7,9,16H2,1-4H3;1H. The number of halogens is 1. The average molecular weight is 333 g/mol. The molecule has 0 saturated carbocycles. The Kier molecular flexibility index (Phi) is 5.83. The molecule has 0 aromatic heterocycles. The molecule has 1 fully saturated rings. The zero-order valence-corrected chi connectivity index (χ0v) is 14.8. The molecule has 1 unspecified atom stereocenters. The highest BCUT2D eigenvalue weighted by Crippen LogP contribution is 2.29. The molecule has 120 valence electrons. The van der Waals surface area contributed by atoms with Gasteiger partial charge in [-0.05, 0) is 62.8 Å². The molecular formula is C15H25ClN2O2S. The summed E-state index contributed by atoms with van der Waals surface area (Å²) in [5, 5.41) is 0. The van der Waals surface area contributed by atoms with Crippen molar-refractivity contribution < 1.29 is 8.42 Å². The van der Waals surface area contributed by atoms with Gasteiger partial charge in [-0.1, -0.05) is 6.07 Å². The van der Waals surface area contributed by atoms with Crippen LogP contribution in [0, 0.1) is 27.7 Å². The van der Waals surface area contributed by atoms with Gasteiger partial charge in [0.05, 0.1) is 4.90 Å². The van der Waals surface area contributed by atoms with Gasteiger partial charge in [0.25, 0.3) is 0 Å². The van der Waals surface area contributed by atoms with Gasteiger partial charge >= 0.3 is 0 Å². The van der Waals surface area contributed by atoms with Crippen molar-refractivity contribution in [1.29, 1.82) is 0 Å². The molecule has 1 heterocycles. The fraction of sp³-hybridized carbons (Fsp3) is 0.600. The van der Waals surface area contributed by atoms with Crippen LogP contribution in [0.4, 0.5) is 0 Å². The highest BCUT2D eigenvalue weighted by Gasteiger charge is 2.31.